The van der Waals surface area contributed by atoms with Crippen LogP contribution in [0.5, 0.6) is 0 Å². The number of benzene rings is 1. The van der Waals surface area contributed by atoms with Crippen LogP contribution in [-0.2, 0) is 17.9 Å². The Hall–Kier alpha value is -2.74. The number of carbonyl (C=O) groups excluding carboxylic acids is 2. The minimum Gasteiger partial charge on any atom is -0.354 e. The van der Waals surface area contributed by atoms with E-state index in [1.807, 2.05) is 6.92 Å². The third-order valence-electron chi connectivity index (χ3n) is 3.65. The first-order valence-corrected chi connectivity index (χ1v) is 8.14. The Labute approximate surface area is 154 Å². The van der Waals surface area contributed by atoms with Gasteiger partial charge in [0.1, 0.15) is 16.8 Å². The zero-order valence-electron chi connectivity index (χ0n) is 13.9. The molecule has 1 aromatic carbocycles. The van der Waals surface area contributed by atoms with Gasteiger partial charge in [-0.25, -0.2) is 18.6 Å². The number of aromatic nitrogens is 1. The lowest BCUT2D eigenvalue weighted by Crippen LogP contribution is -2.38. The second-order valence-electron chi connectivity index (χ2n) is 5.31. The highest BCUT2D eigenvalue weighted by molar-refractivity contribution is 6.30. The van der Waals surface area contributed by atoms with Gasteiger partial charge in [0.2, 0.25) is 6.41 Å². The van der Waals surface area contributed by atoms with Crippen LogP contribution in [0.1, 0.15) is 18.1 Å². The van der Waals surface area contributed by atoms with Gasteiger partial charge in [0.05, 0.1) is 12.2 Å². The lowest BCUT2D eigenvalue weighted by atomic mass is 10.2. The summed E-state index contributed by atoms with van der Waals surface area (Å²) >= 11 is 5.92. The lowest BCUT2D eigenvalue weighted by molar-refractivity contribution is -0.109. The number of hydrogen-bond donors (Lipinski definition) is 2. The fraction of sp³-hybridized carbons (Fsp3) is 0.235. The largest absolute Gasteiger partial charge is 0.354 e. The minimum absolute atomic E-state index is 0.0790. The predicted octanol–water partition coefficient (Wildman–Crippen LogP) is 3.31. The van der Waals surface area contributed by atoms with Gasteiger partial charge in [-0.2, -0.15) is 0 Å². The van der Waals surface area contributed by atoms with E-state index in [0.717, 1.165) is 23.4 Å². The molecule has 3 amide bonds. The number of hydrogen-bond acceptors (Lipinski definition) is 3. The third-order valence-corrected chi connectivity index (χ3v) is 3.98. The fourth-order valence-electron chi connectivity index (χ4n) is 2.26. The van der Waals surface area contributed by atoms with Crippen LogP contribution in [0.15, 0.2) is 30.5 Å². The van der Waals surface area contributed by atoms with Crippen LogP contribution in [0.25, 0.3) is 0 Å². The molecule has 0 aliphatic carbocycles. The molecular weight excluding hydrogens is 366 g/mol. The molecule has 2 heterocycles. The predicted molar refractivity (Wildman–Crippen MR) is 93.6 cm³/mol. The maximum atomic E-state index is 12.8. The molecule has 0 spiro atoms. The van der Waals surface area contributed by atoms with Crippen molar-refractivity contribution in [3.05, 3.63) is 58.4 Å². The molecule has 0 saturated carbocycles. The number of pyridine rings is 1. The van der Waals surface area contributed by atoms with Crippen molar-refractivity contribution in [2.24, 2.45) is 0 Å². The van der Waals surface area contributed by atoms with Crippen LogP contribution in [0.2, 0.25) is 5.15 Å². The molecule has 1 aliphatic rings. The van der Waals surface area contributed by atoms with Crippen molar-refractivity contribution in [3.63, 3.8) is 0 Å². The number of amides is 3. The number of nitrogens with one attached hydrogen (secondary N) is 2. The number of urea groups is 1. The van der Waals surface area contributed by atoms with Gasteiger partial charge in [-0.05, 0) is 19.1 Å². The van der Waals surface area contributed by atoms with E-state index >= 15 is 0 Å². The number of rotatable bonds is 4. The Balaban J connectivity index is 0.000000190. The van der Waals surface area contributed by atoms with Crippen molar-refractivity contribution < 1.29 is 18.4 Å². The zero-order chi connectivity index (χ0) is 19.1. The Bertz CT molecular complexity index is 804. The van der Waals surface area contributed by atoms with E-state index in [2.05, 4.69) is 15.6 Å². The Kier molecular flexibility index (Phi) is 6.85. The molecule has 1 aliphatic heterocycles. The molecule has 0 radical (unpaired) electrons. The van der Waals surface area contributed by atoms with Crippen molar-refractivity contribution in [1.29, 1.82) is 0 Å². The summed E-state index contributed by atoms with van der Waals surface area (Å²) in [5, 5.41) is 5.51. The van der Waals surface area contributed by atoms with Gasteiger partial charge in [0.15, 0.2) is 0 Å². The summed E-state index contributed by atoms with van der Waals surface area (Å²) in [6.45, 7) is 3.20. The number of anilines is 1. The topological polar surface area (TPSA) is 74.3 Å². The number of fused-ring (bicyclic) bond motifs is 1. The highest BCUT2D eigenvalue weighted by atomic mass is 35.5. The average Bonchev–Trinajstić information content (AvgIpc) is 2.61. The first kappa shape index (κ1) is 19.6. The second kappa shape index (κ2) is 9.10. The van der Waals surface area contributed by atoms with Crippen LogP contribution in [-0.4, -0.2) is 28.9 Å². The van der Waals surface area contributed by atoms with Crippen LogP contribution < -0.4 is 10.6 Å². The summed E-state index contributed by atoms with van der Waals surface area (Å²) in [5.74, 6) is -1.27. The van der Waals surface area contributed by atoms with E-state index < -0.39 is 11.6 Å². The number of nitrogens with zero attached hydrogens (tertiary/aromatic N) is 2. The summed E-state index contributed by atoms with van der Waals surface area (Å²) in [6, 6.07) is 4.89. The molecule has 0 unspecified atom stereocenters. The summed E-state index contributed by atoms with van der Waals surface area (Å²) in [5.41, 5.74) is 1.92. The van der Waals surface area contributed by atoms with Crippen molar-refractivity contribution >= 4 is 29.7 Å². The minimum atomic E-state index is -0.649. The van der Waals surface area contributed by atoms with Gasteiger partial charge in [0, 0.05) is 36.5 Å². The van der Waals surface area contributed by atoms with Gasteiger partial charge in [-0.3, -0.25) is 4.79 Å². The molecule has 2 N–H and O–H groups in total. The van der Waals surface area contributed by atoms with E-state index in [1.54, 1.807) is 17.2 Å². The molecule has 26 heavy (non-hydrogen) atoms. The van der Waals surface area contributed by atoms with Crippen LogP contribution >= 0.6 is 11.6 Å². The smallest absolute Gasteiger partial charge is 0.322 e. The van der Waals surface area contributed by atoms with Gasteiger partial charge < -0.3 is 15.5 Å². The molecule has 9 heteroatoms. The number of carbonyl (C=O) groups is 2. The molecule has 0 atom stereocenters. The first-order valence-electron chi connectivity index (χ1n) is 7.76. The van der Waals surface area contributed by atoms with Gasteiger partial charge in [-0.15, -0.1) is 0 Å². The molecular formula is C17H17ClF2N4O2. The summed E-state index contributed by atoms with van der Waals surface area (Å²) in [7, 11) is 0. The third kappa shape index (κ3) is 4.89. The highest BCUT2D eigenvalue weighted by Gasteiger charge is 2.23. The van der Waals surface area contributed by atoms with E-state index in [9.17, 15) is 18.4 Å². The van der Waals surface area contributed by atoms with Crippen molar-refractivity contribution in [1.82, 2.24) is 15.2 Å². The summed E-state index contributed by atoms with van der Waals surface area (Å²) in [4.78, 5) is 26.9. The van der Waals surface area contributed by atoms with Crippen LogP contribution in [0.4, 0.5) is 19.3 Å². The van der Waals surface area contributed by atoms with E-state index in [0.29, 0.717) is 24.7 Å². The van der Waals surface area contributed by atoms with E-state index in [4.69, 9.17) is 11.6 Å². The molecule has 1 aromatic heterocycles. The summed E-state index contributed by atoms with van der Waals surface area (Å²) in [6.07, 6.45) is 2.05. The summed E-state index contributed by atoms with van der Waals surface area (Å²) < 4.78 is 25.1. The van der Waals surface area contributed by atoms with E-state index in [-0.39, 0.29) is 18.1 Å². The molecule has 3 rings (SSSR count). The fourth-order valence-corrected chi connectivity index (χ4v) is 2.48. The maximum Gasteiger partial charge on any atom is 0.322 e. The van der Waals surface area contributed by atoms with Crippen molar-refractivity contribution in [2.45, 2.75) is 20.0 Å². The SMILES string of the molecule is CCN1Cc2c(ccnc2Cl)NC1=O.O=CNCc1ccc(F)cc1F. The quantitative estimate of drug-likeness (QED) is 0.629. The van der Waals surface area contributed by atoms with Crippen LogP contribution in [0.3, 0.4) is 0 Å². The highest BCUT2D eigenvalue weighted by Crippen LogP contribution is 2.27. The molecule has 0 fully saturated rings. The molecule has 0 saturated heterocycles. The zero-order valence-corrected chi connectivity index (χ0v) is 14.7. The first-order chi connectivity index (χ1) is 12.5. The number of halogens is 3. The maximum absolute atomic E-state index is 12.8. The second-order valence-corrected chi connectivity index (χ2v) is 5.66. The Morgan fingerprint density at radius 1 is 1.38 bits per heavy atom. The van der Waals surface area contributed by atoms with Crippen molar-refractivity contribution in [3.8, 4) is 0 Å². The monoisotopic (exact) mass is 382 g/mol. The average molecular weight is 383 g/mol. The molecule has 6 nitrogen and oxygen atoms in total. The molecule has 138 valence electrons. The van der Waals surface area contributed by atoms with Crippen molar-refractivity contribution in [2.75, 3.05) is 11.9 Å². The molecule has 2 aromatic rings. The standard InChI is InChI=1S/C9H10ClN3O.C8H7F2NO/c1-2-13-5-6-7(12-9(13)14)3-4-11-8(6)10;9-7-2-1-6(4-11-5-12)8(10)3-7/h3-4H,2,5H2,1H3,(H,12,14);1-3,5H,4H2,(H,11,12). The van der Waals surface area contributed by atoms with Gasteiger partial charge in [0.25, 0.3) is 0 Å². The normalized spacial score (nSPS) is 12.5. The van der Waals surface area contributed by atoms with Gasteiger partial charge in [-0.1, -0.05) is 17.7 Å². The van der Waals surface area contributed by atoms with Gasteiger partial charge >= 0.3 is 6.03 Å². The van der Waals surface area contributed by atoms with Crippen LogP contribution in [0, 0.1) is 11.6 Å². The lowest BCUT2D eigenvalue weighted by Gasteiger charge is -2.28. The molecule has 0 bridgehead atoms. The Morgan fingerprint density at radius 3 is 2.81 bits per heavy atom. The van der Waals surface area contributed by atoms with E-state index in [1.165, 1.54) is 6.07 Å². The Morgan fingerprint density at radius 2 is 2.15 bits per heavy atom.